The molecule has 1 unspecified atom stereocenters. The molecule has 4 nitrogen and oxygen atoms in total. The van der Waals surface area contributed by atoms with Crippen LogP contribution < -0.4 is 5.73 Å². The van der Waals surface area contributed by atoms with Gasteiger partial charge in [0.05, 0.1) is 0 Å². The van der Waals surface area contributed by atoms with E-state index in [1.165, 1.54) is 0 Å². The number of carboxylic acids is 1. The Morgan fingerprint density at radius 2 is 2.00 bits per heavy atom. The van der Waals surface area contributed by atoms with E-state index < -0.39 is 11.9 Å². The van der Waals surface area contributed by atoms with Crippen molar-refractivity contribution in [3.8, 4) is 0 Å². The molecule has 12 heavy (non-hydrogen) atoms. The Labute approximate surface area is 71.1 Å². The minimum Gasteiger partial charge on any atom is -0.481 e. The molecule has 4 heteroatoms. The van der Waals surface area contributed by atoms with E-state index in [1.807, 2.05) is 0 Å². The van der Waals surface area contributed by atoms with Gasteiger partial charge in [0.25, 0.3) is 0 Å². The van der Waals surface area contributed by atoms with E-state index in [1.54, 1.807) is 6.92 Å². The summed E-state index contributed by atoms with van der Waals surface area (Å²) in [4.78, 5) is 20.7. The molecule has 0 aromatic heterocycles. The number of carbonyl (C=O) groups excluding carboxylic acids is 1. The van der Waals surface area contributed by atoms with E-state index >= 15 is 0 Å². The highest BCUT2D eigenvalue weighted by Gasteiger charge is 2.11. The van der Waals surface area contributed by atoms with Crippen LogP contribution in [0.2, 0.25) is 0 Å². The van der Waals surface area contributed by atoms with E-state index in [4.69, 9.17) is 10.8 Å². The molecule has 1 atom stereocenters. The summed E-state index contributed by atoms with van der Waals surface area (Å²) in [6.07, 6.45) is 0.383. The normalized spacial score (nSPS) is 12.1. The van der Waals surface area contributed by atoms with Crippen molar-refractivity contribution in [2.75, 3.05) is 0 Å². The predicted octanol–water partition coefficient (Wildman–Crippen LogP) is 0.529. The molecule has 68 valence electrons. The summed E-state index contributed by atoms with van der Waals surface area (Å²) in [5.41, 5.74) is 5.21. The smallest absolute Gasteiger partial charge is 0.303 e. The third-order valence-electron chi connectivity index (χ3n) is 1.47. The molecular formula is C8H13NO3. The number of amides is 1. The Bertz CT molecular complexity index is 210. The fourth-order valence-electron chi connectivity index (χ4n) is 0.891. The Balaban J connectivity index is 3.84. The molecule has 0 heterocycles. The van der Waals surface area contributed by atoms with Crippen molar-refractivity contribution in [3.05, 3.63) is 12.2 Å². The summed E-state index contributed by atoms with van der Waals surface area (Å²) >= 11 is 0. The van der Waals surface area contributed by atoms with Crippen molar-refractivity contribution < 1.29 is 14.7 Å². The van der Waals surface area contributed by atoms with Gasteiger partial charge in [0.1, 0.15) is 0 Å². The quantitative estimate of drug-likeness (QED) is 0.592. The lowest BCUT2D eigenvalue weighted by Gasteiger charge is -2.07. The number of aliphatic carboxylic acids is 1. The summed E-state index contributed by atoms with van der Waals surface area (Å²) in [7, 11) is 0. The average Bonchev–Trinajstić information content (AvgIpc) is 1.84. The van der Waals surface area contributed by atoms with Crippen molar-refractivity contribution in [1.82, 2.24) is 0 Å². The van der Waals surface area contributed by atoms with Gasteiger partial charge in [-0.3, -0.25) is 9.59 Å². The van der Waals surface area contributed by atoms with Crippen molar-refractivity contribution in [2.45, 2.75) is 19.8 Å². The minimum atomic E-state index is -0.875. The van der Waals surface area contributed by atoms with Crippen LogP contribution in [0, 0.1) is 5.92 Å². The molecular weight excluding hydrogens is 158 g/mol. The van der Waals surface area contributed by atoms with E-state index in [0.29, 0.717) is 6.42 Å². The van der Waals surface area contributed by atoms with Crippen LogP contribution >= 0.6 is 0 Å². The van der Waals surface area contributed by atoms with Gasteiger partial charge in [-0.1, -0.05) is 13.5 Å². The van der Waals surface area contributed by atoms with Crippen LogP contribution in [0.15, 0.2) is 12.2 Å². The second-order valence-corrected chi connectivity index (χ2v) is 2.87. The number of nitrogens with two attached hydrogens (primary N) is 1. The first kappa shape index (κ1) is 10.7. The predicted molar refractivity (Wildman–Crippen MR) is 44.4 cm³/mol. The monoisotopic (exact) mass is 171 g/mol. The first-order valence-electron chi connectivity index (χ1n) is 3.63. The van der Waals surface area contributed by atoms with Crippen molar-refractivity contribution in [2.24, 2.45) is 11.7 Å². The van der Waals surface area contributed by atoms with Crippen LogP contribution in [-0.4, -0.2) is 17.0 Å². The highest BCUT2D eigenvalue weighted by molar-refractivity contribution is 5.91. The topological polar surface area (TPSA) is 80.4 Å². The molecule has 0 saturated heterocycles. The molecule has 1 amide bonds. The van der Waals surface area contributed by atoms with E-state index in [0.717, 1.165) is 0 Å². The maximum absolute atomic E-state index is 10.5. The van der Waals surface area contributed by atoms with Crippen molar-refractivity contribution >= 4 is 11.9 Å². The second kappa shape index (κ2) is 4.54. The van der Waals surface area contributed by atoms with Gasteiger partial charge in [0, 0.05) is 12.0 Å². The zero-order chi connectivity index (χ0) is 9.72. The Kier molecular flexibility index (Phi) is 4.04. The first-order valence-corrected chi connectivity index (χ1v) is 3.63. The van der Waals surface area contributed by atoms with Crippen LogP contribution in [0.4, 0.5) is 0 Å². The molecule has 0 spiro atoms. The van der Waals surface area contributed by atoms with Gasteiger partial charge < -0.3 is 10.8 Å². The fourth-order valence-corrected chi connectivity index (χ4v) is 0.891. The zero-order valence-electron chi connectivity index (χ0n) is 7.04. The molecule has 0 aromatic carbocycles. The van der Waals surface area contributed by atoms with E-state index in [-0.39, 0.29) is 17.9 Å². The molecule has 0 aliphatic carbocycles. The molecule has 0 radical (unpaired) electrons. The molecule has 0 aromatic rings. The van der Waals surface area contributed by atoms with Crippen molar-refractivity contribution in [1.29, 1.82) is 0 Å². The Morgan fingerprint density at radius 3 is 2.33 bits per heavy atom. The third-order valence-corrected chi connectivity index (χ3v) is 1.47. The Morgan fingerprint density at radius 1 is 1.50 bits per heavy atom. The summed E-state index contributed by atoms with van der Waals surface area (Å²) in [6.45, 7) is 5.17. The lowest BCUT2D eigenvalue weighted by molar-refractivity contribution is -0.138. The summed E-state index contributed by atoms with van der Waals surface area (Å²) in [5, 5.41) is 8.39. The summed E-state index contributed by atoms with van der Waals surface area (Å²) < 4.78 is 0. The number of carbonyl (C=O) groups is 2. The number of rotatable bonds is 5. The molecule has 0 aliphatic rings. The van der Waals surface area contributed by atoms with Crippen LogP contribution in [0.25, 0.3) is 0 Å². The maximum atomic E-state index is 10.5. The largest absolute Gasteiger partial charge is 0.481 e. The zero-order valence-corrected chi connectivity index (χ0v) is 7.04. The number of carboxylic acid groups (broad SMARTS) is 1. The van der Waals surface area contributed by atoms with Crippen LogP contribution in [0.3, 0.4) is 0 Å². The molecule has 0 rings (SSSR count). The highest BCUT2D eigenvalue weighted by Crippen LogP contribution is 2.12. The molecule has 0 fully saturated rings. The number of hydrogen-bond acceptors (Lipinski definition) is 2. The van der Waals surface area contributed by atoms with Crippen LogP contribution in [0.5, 0.6) is 0 Å². The lowest BCUT2D eigenvalue weighted by Crippen LogP contribution is -2.16. The number of primary amides is 1. The maximum Gasteiger partial charge on any atom is 0.303 e. The molecule has 0 aliphatic heterocycles. The molecule has 0 saturated carbocycles. The summed E-state index contributed by atoms with van der Waals surface area (Å²) in [5.74, 6) is -1.53. The van der Waals surface area contributed by atoms with Crippen LogP contribution in [0.1, 0.15) is 19.8 Å². The standard InChI is InChI=1S/C8H13NO3/c1-5(4-7(10)11)3-6(2)8(9)12/h5H,2-4H2,1H3,(H2,9,12)(H,10,11). The first-order chi connectivity index (χ1) is 5.43. The average molecular weight is 171 g/mol. The Hall–Kier alpha value is -1.32. The SMILES string of the molecule is C=C(CC(C)CC(=O)O)C(N)=O. The van der Waals surface area contributed by atoms with Crippen LogP contribution in [-0.2, 0) is 9.59 Å². The minimum absolute atomic E-state index is 0.0340. The van der Waals surface area contributed by atoms with Gasteiger partial charge in [-0.25, -0.2) is 0 Å². The van der Waals surface area contributed by atoms with E-state index in [9.17, 15) is 9.59 Å². The summed E-state index contributed by atoms with van der Waals surface area (Å²) in [6, 6.07) is 0. The van der Waals surface area contributed by atoms with E-state index in [2.05, 4.69) is 6.58 Å². The van der Waals surface area contributed by atoms with Gasteiger partial charge in [-0.2, -0.15) is 0 Å². The van der Waals surface area contributed by atoms with Gasteiger partial charge in [-0.15, -0.1) is 0 Å². The molecule has 0 bridgehead atoms. The lowest BCUT2D eigenvalue weighted by atomic mass is 9.99. The second-order valence-electron chi connectivity index (χ2n) is 2.87. The van der Waals surface area contributed by atoms with Gasteiger partial charge in [0.15, 0.2) is 0 Å². The fraction of sp³-hybridized carbons (Fsp3) is 0.500. The molecule has 3 N–H and O–H groups in total. The van der Waals surface area contributed by atoms with Gasteiger partial charge >= 0.3 is 5.97 Å². The van der Waals surface area contributed by atoms with Gasteiger partial charge in [-0.05, 0) is 12.3 Å². The highest BCUT2D eigenvalue weighted by atomic mass is 16.4. The number of hydrogen-bond donors (Lipinski definition) is 2. The van der Waals surface area contributed by atoms with Crippen molar-refractivity contribution in [3.63, 3.8) is 0 Å². The van der Waals surface area contributed by atoms with Gasteiger partial charge in [0.2, 0.25) is 5.91 Å². The third kappa shape index (κ3) is 4.49.